The number of amidine groups is 2. The van der Waals surface area contributed by atoms with Crippen LogP contribution in [0.25, 0.3) is 0 Å². The van der Waals surface area contributed by atoms with Crippen molar-refractivity contribution in [2.45, 2.75) is 12.8 Å². The molecule has 0 aromatic heterocycles. The lowest BCUT2D eigenvalue weighted by atomic mass is 9.88. The predicted octanol–water partition coefficient (Wildman–Crippen LogP) is 3.03. The highest BCUT2D eigenvalue weighted by Gasteiger charge is 2.29. The number of carbonyl (C=O) groups is 1. The quantitative estimate of drug-likeness (QED) is 0.443. The maximum atomic E-state index is 12.9. The van der Waals surface area contributed by atoms with Gasteiger partial charge in [-0.05, 0) is 24.0 Å². The van der Waals surface area contributed by atoms with E-state index in [1.807, 2.05) is 36.5 Å². The maximum Gasteiger partial charge on any atom is 0.148 e. The third-order valence-corrected chi connectivity index (χ3v) is 6.04. The normalized spacial score (nSPS) is 28.2. The lowest BCUT2D eigenvalue weighted by Gasteiger charge is -2.25. The van der Waals surface area contributed by atoms with Crippen LogP contribution in [-0.4, -0.2) is 29.0 Å². The fraction of sp³-hybridized carbons (Fsp3) is 0.286. The van der Waals surface area contributed by atoms with Crippen LogP contribution in [0.2, 0.25) is 0 Å². The van der Waals surface area contributed by atoms with Crippen LogP contribution < -0.4 is 11.5 Å². The third-order valence-electron chi connectivity index (χ3n) is 4.85. The average Bonchev–Trinajstić information content (AvgIpc) is 2.66. The van der Waals surface area contributed by atoms with Gasteiger partial charge in [-0.1, -0.05) is 48.6 Å². The van der Waals surface area contributed by atoms with E-state index in [-0.39, 0.29) is 29.3 Å². The molecule has 0 saturated carbocycles. The van der Waals surface area contributed by atoms with Gasteiger partial charge in [-0.2, -0.15) is 11.8 Å². The molecule has 0 bridgehead atoms. The van der Waals surface area contributed by atoms with Crippen molar-refractivity contribution >= 4 is 29.2 Å². The highest BCUT2D eigenvalue weighted by molar-refractivity contribution is 7.99. The number of carbonyl (C=O) groups excluding carboxylic acids is 1. The summed E-state index contributed by atoms with van der Waals surface area (Å²) in [5, 5.41) is 14.9. The number of Topliss-reactive ketones (excluding diaryl/α,β-unsaturated/α-hetero) is 1. The topological polar surface area (TPSA) is 117 Å². The highest BCUT2D eigenvalue weighted by Crippen LogP contribution is 2.30. The summed E-state index contributed by atoms with van der Waals surface area (Å²) in [5.41, 5.74) is 14.7. The van der Waals surface area contributed by atoms with E-state index in [9.17, 15) is 4.79 Å². The zero-order chi connectivity index (χ0) is 19.4. The molecule has 1 aliphatic heterocycles. The van der Waals surface area contributed by atoms with Gasteiger partial charge in [-0.15, -0.1) is 0 Å². The Morgan fingerprint density at radius 2 is 1.33 bits per heavy atom. The lowest BCUT2D eigenvalue weighted by molar-refractivity contribution is -0.123. The first-order chi connectivity index (χ1) is 12.9. The molecule has 0 aromatic rings. The molecule has 6 heteroatoms. The highest BCUT2D eigenvalue weighted by atomic mass is 32.2. The first-order valence-electron chi connectivity index (χ1n) is 8.92. The van der Waals surface area contributed by atoms with Crippen LogP contribution in [0, 0.1) is 22.7 Å². The number of nitrogens with one attached hydrogen (secondary N) is 2. The molecule has 0 aromatic carbocycles. The van der Waals surface area contributed by atoms with Gasteiger partial charge in [0.1, 0.15) is 17.5 Å². The van der Waals surface area contributed by atoms with E-state index in [2.05, 4.69) is 12.2 Å². The summed E-state index contributed by atoms with van der Waals surface area (Å²) in [6, 6.07) is 0. The average molecular weight is 381 g/mol. The number of hydrogen-bond acceptors (Lipinski definition) is 4. The van der Waals surface area contributed by atoms with Crippen molar-refractivity contribution in [1.82, 2.24) is 0 Å². The molecule has 2 atom stereocenters. The Bertz CT molecular complexity index is 789. The molecule has 0 amide bonds. The summed E-state index contributed by atoms with van der Waals surface area (Å²) in [7, 11) is 0. The van der Waals surface area contributed by atoms with Crippen LogP contribution in [0.1, 0.15) is 12.8 Å². The first-order valence-corrected chi connectivity index (χ1v) is 10.1. The molecule has 0 spiro atoms. The monoisotopic (exact) mass is 380 g/mol. The van der Waals surface area contributed by atoms with Crippen LogP contribution in [0.3, 0.4) is 0 Å². The molecular weight excluding hydrogens is 356 g/mol. The van der Waals surface area contributed by atoms with Crippen molar-refractivity contribution < 1.29 is 4.79 Å². The summed E-state index contributed by atoms with van der Waals surface area (Å²) in [6.45, 7) is 0. The van der Waals surface area contributed by atoms with Gasteiger partial charge in [-0.3, -0.25) is 15.6 Å². The van der Waals surface area contributed by atoms with Crippen LogP contribution in [-0.2, 0) is 4.79 Å². The predicted molar refractivity (Wildman–Crippen MR) is 113 cm³/mol. The number of thioether (sulfide) groups is 1. The molecule has 1 saturated heterocycles. The van der Waals surface area contributed by atoms with Crippen LogP contribution >= 0.6 is 11.8 Å². The van der Waals surface area contributed by atoms with Crippen molar-refractivity contribution in [3.63, 3.8) is 0 Å². The zero-order valence-electron chi connectivity index (χ0n) is 15.1. The van der Waals surface area contributed by atoms with Gasteiger partial charge >= 0.3 is 0 Å². The van der Waals surface area contributed by atoms with Gasteiger partial charge in [0.05, 0.1) is 0 Å². The fourth-order valence-corrected chi connectivity index (χ4v) is 4.47. The minimum atomic E-state index is -0.0894. The Balaban J connectivity index is 1.67. The largest absolute Gasteiger partial charge is 0.384 e. The molecule has 3 aliphatic rings. The number of ketones is 1. The van der Waals surface area contributed by atoms with Gasteiger partial charge in [-0.25, -0.2) is 0 Å². The number of allylic oxidation sites excluding steroid dienone is 8. The summed E-state index contributed by atoms with van der Waals surface area (Å²) >= 11 is 1.81. The van der Waals surface area contributed by atoms with Crippen molar-refractivity contribution in [3.8, 4) is 0 Å². The van der Waals surface area contributed by atoms with Crippen LogP contribution in [0.4, 0.5) is 0 Å². The fourth-order valence-electron chi connectivity index (χ4n) is 3.31. The van der Waals surface area contributed by atoms with Gasteiger partial charge in [0.15, 0.2) is 0 Å². The Labute approximate surface area is 163 Å². The maximum absolute atomic E-state index is 12.9. The minimum Gasteiger partial charge on any atom is -0.384 e. The number of rotatable bonds is 4. The van der Waals surface area contributed by atoms with Crippen LogP contribution in [0.5, 0.6) is 0 Å². The third kappa shape index (κ3) is 4.77. The molecule has 1 heterocycles. The van der Waals surface area contributed by atoms with E-state index in [4.69, 9.17) is 22.3 Å². The molecular formula is C21H24N4OS. The van der Waals surface area contributed by atoms with Crippen molar-refractivity contribution in [1.29, 1.82) is 10.8 Å². The number of nitrogens with two attached hydrogens (primary N) is 2. The smallest absolute Gasteiger partial charge is 0.148 e. The van der Waals surface area contributed by atoms with E-state index in [0.29, 0.717) is 12.8 Å². The van der Waals surface area contributed by atoms with Gasteiger partial charge in [0, 0.05) is 34.5 Å². The Kier molecular flexibility index (Phi) is 5.96. The van der Waals surface area contributed by atoms with E-state index >= 15 is 0 Å². The van der Waals surface area contributed by atoms with E-state index < -0.39 is 0 Å². The summed E-state index contributed by atoms with van der Waals surface area (Å²) in [5.74, 6) is 1.85. The van der Waals surface area contributed by atoms with Crippen molar-refractivity contribution in [3.05, 3.63) is 70.9 Å². The second kappa shape index (κ2) is 8.39. The molecule has 27 heavy (non-hydrogen) atoms. The Morgan fingerprint density at radius 1 is 0.889 bits per heavy atom. The standard InChI is InChI=1S/C21H24N4OS/c22-20(23)15-5-1-13(2-6-15)9-17-11-27-12-18(19(17)26)10-14-3-7-16(8-4-14)21(24)25/h1,3,5-10,17-18H,2,4,11-12H2,(H3,22,23)(H3,24,25)/b13-9-,14-10+. The minimum absolute atomic E-state index is 0.0730. The molecule has 3 rings (SSSR count). The molecule has 1 fully saturated rings. The molecule has 140 valence electrons. The zero-order valence-corrected chi connectivity index (χ0v) is 15.9. The summed E-state index contributed by atoms with van der Waals surface area (Å²) < 4.78 is 0. The van der Waals surface area contributed by atoms with Crippen molar-refractivity contribution in [2.75, 3.05) is 11.5 Å². The molecule has 2 unspecified atom stereocenters. The molecule has 6 N–H and O–H groups in total. The summed E-state index contributed by atoms with van der Waals surface area (Å²) in [4.78, 5) is 12.9. The number of hydrogen-bond donors (Lipinski definition) is 4. The Morgan fingerprint density at radius 3 is 1.67 bits per heavy atom. The molecule has 5 nitrogen and oxygen atoms in total. The van der Waals surface area contributed by atoms with E-state index in [0.717, 1.165) is 33.8 Å². The van der Waals surface area contributed by atoms with Crippen LogP contribution in [0.15, 0.2) is 70.9 Å². The SMILES string of the molecule is N=C(N)C1=CC/C(=C/C2CSCC(/C=C3/C=CC(C(=N)N)=CC3)C2=O)C=C1. The van der Waals surface area contributed by atoms with Gasteiger partial charge in [0.25, 0.3) is 0 Å². The van der Waals surface area contributed by atoms with E-state index in [1.165, 1.54) is 0 Å². The van der Waals surface area contributed by atoms with Crippen molar-refractivity contribution in [2.24, 2.45) is 23.3 Å². The van der Waals surface area contributed by atoms with Gasteiger partial charge < -0.3 is 11.5 Å². The van der Waals surface area contributed by atoms with Gasteiger partial charge in [0.2, 0.25) is 0 Å². The second-order valence-electron chi connectivity index (χ2n) is 6.86. The Hall–Kier alpha value is -2.60. The first kappa shape index (κ1) is 19.2. The molecule has 0 radical (unpaired) electrons. The lowest BCUT2D eigenvalue weighted by Crippen LogP contribution is -2.30. The van der Waals surface area contributed by atoms with E-state index in [1.54, 1.807) is 11.8 Å². The second-order valence-corrected chi connectivity index (χ2v) is 7.93. The molecule has 2 aliphatic carbocycles. The summed E-state index contributed by atoms with van der Waals surface area (Å²) in [6.07, 6.45) is 17.0.